The van der Waals surface area contributed by atoms with Gasteiger partial charge in [0.15, 0.2) is 0 Å². The van der Waals surface area contributed by atoms with Crippen LogP contribution in [-0.4, -0.2) is 15.2 Å². The van der Waals surface area contributed by atoms with Crippen LogP contribution >= 0.6 is 0 Å². The van der Waals surface area contributed by atoms with Crippen molar-refractivity contribution in [3.8, 4) is 11.1 Å². The molecule has 0 aliphatic carbocycles. The zero-order valence-corrected chi connectivity index (χ0v) is 10.3. The number of allylic oxidation sites excluding steroid dienone is 5. The molecule has 3 nitrogen and oxygen atoms in total. The number of nitrogens with zero attached hydrogens (tertiary/aromatic N) is 2. The lowest BCUT2D eigenvalue weighted by molar-refractivity contribution is 1.08. The van der Waals surface area contributed by atoms with Gasteiger partial charge in [-0.1, -0.05) is 30.9 Å². The van der Waals surface area contributed by atoms with Crippen molar-refractivity contribution in [2.24, 2.45) is 0 Å². The number of hydrogen-bond donors (Lipinski definition) is 1. The topological polar surface area (TPSA) is 41.6 Å². The monoisotopic (exact) mass is 237 g/mol. The molecule has 0 atom stereocenters. The van der Waals surface area contributed by atoms with Crippen LogP contribution in [0.3, 0.4) is 0 Å². The van der Waals surface area contributed by atoms with Crippen LogP contribution in [0.1, 0.15) is 12.6 Å². The van der Waals surface area contributed by atoms with Crippen molar-refractivity contribution in [3.05, 3.63) is 67.3 Å². The number of pyridine rings is 1. The molecule has 0 amide bonds. The Morgan fingerprint density at radius 3 is 2.78 bits per heavy atom. The molecule has 0 spiro atoms. The zero-order valence-electron chi connectivity index (χ0n) is 10.3. The maximum Gasteiger partial charge on any atom is 0.0722 e. The van der Waals surface area contributed by atoms with E-state index in [9.17, 15) is 0 Å². The predicted octanol–water partition coefficient (Wildman–Crippen LogP) is 3.62. The molecule has 3 heteroatoms. The minimum Gasteiger partial charge on any atom is -0.277 e. The highest BCUT2D eigenvalue weighted by Gasteiger charge is 2.08. The molecule has 2 heterocycles. The SMILES string of the molecule is C=C(/C=C\C=C/C)c1[nH]ncc1-c1ccncc1. The summed E-state index contributed by atoms with van der Waals surface area (Å²) in [6.45, 7) is 6.03. The van der Waals surface area contributed by atoms with Crippen LogP contribution in [0.15, 0.2) is 61.6 Å². The van der Waals surface area contributed by atoms with Crippen molar-refractivity contribution in [2.45, 2.75) is 6.92 Å². The third kappa shape index (κ3) is 2.63. The number of hydrogen-bond acceptors (Lipinski definition) is 2. The molecule has 0 aliphatic heterocycles. The van der Waals surface area contributed by atoms with Crippen molar-refractivity contribution in [1.82, 2.24) is 15.2 Å². The number of aromatic nitrogens is 3. The molecular weight excluding hydrogens is 222 g/mol. The number of rotatable bonds is 4. The average molecular weight is 237 g/mol. The van der Waals surface area contributed by atoms with E-state index in [4.69, 9.17) is 0 Å². The molecule has 0 fully saturated rings. The summed E-state index contributed by atoms with van der Waals surface area (Å²) < 4.78 is 0. The molecular formula is C15H15N3. The number of H-pyrrole nitrogens is 1. The van der Waals surface area contributed by atoms with Crippen molar-refractivity contribution in [2.75, 3.05) is 0 Å². The Kier molecular flexibility index (Phi) is 3.86. The largest absolute Gasteiger partial charge is 0.277 e. The van der Waals surface area contributed by atoms with Crippen LogP contribution in [0.4, 0.5) is 0 Å². The number of nitrogens with one attached hydrogen (secondary N) is 1. The standard InChI is InChI=1S/C15H15N3/c1-3-4-5-6-12(2)15-14(11-17-18-15)13-7-9-16-10-8-13/h3-11H,2H2,1H3,(H,17,18)/b4-3-,6-5-. The third-order valence-electron chi connectivity index (χ3n) is 2.55. The molecule has 18 heavy (non-hydrogen) atoms. The lowest BCUT2D eigenvalue weighted by atomic mass is 10.0. The molecule has 2 aromatic heterocycles. The molecule has 0 aromatic carbocycles. The molecule has 0 saturated heterocycles. The van der Waals surface area contributed by atoms with E-state index >= 15 is 0 Å². The van der Waals surface area contributed by atoms with Crippen LogP contribution in [0, 0.1) is 0 Å². The molecule has 0 aliphatic rings. The Labute approximate surface area is 107 Å². The van der Waals surface area contributed by atoms with Gasteiger partial charge in [0, 0.05) is 18.0 Å². The van der Waals surface area contributed by atoms with Crippen molar-refractivity contribution < 1.29 is 0 Å². The van der Waals surface area contributed by atoms with Gasteiger partial charge in [0.25, 0.3) is 0 Å². The highest BCUT2D eigenvalue weighted by Crippen LogP contribution is 2.26. The van der Waals surface area contributed by atoms with Crippen molar-refractivity contribution >= 4 is 5.57 Å². The van der Waals surface area contributed by atoms with Crippen LogP contribution in [0.5, 0.6) is 0 Å². The average Bonchev–Trinajstić information content (AvgIpc) is 2.89. The second-order valence-electron chi connectivity index (χ2n) is 3.80. The Bertz CT molecular complexity index is 577. The Hall–Kier alpha value is -2.42. The highest BCUT2D eigenvalue weighted by molar-refractivity contribution is 5.81. The van der Waals surface area contributed by atoms with E-state index in [1.807, 2.05) is 43.4 Å². The molecule has 2 aromatic rings. The fourth-order valence-electron chi connectivity index (χ4n) is 1.65. The van der Waals surface area contributed by atoms with Gasteiger partial charge in [0.1, 0.15) is 0 Å². The van der Waals surface area contributed by atoms with Gasteiger partial charge in [0.05, 0.1) is 11.9 Å². The summed E-state index contributed by atoms with van der Waals surface area (Å²) >= 11 is 0. The van der Waals surface area contributed by atoms with Crippen LogP contribution in [-0.2, 0) is 0 Å². The van der Waals surface area contributed by atoms with E-state index in [1.165, 1.54) is 0 Å². The molecule has 90 valence electrons. The van der Waals surface area contributed by atoms with E-state index in [2.05, 4.69) is 21.8 Å². The van der Waals surface area contributed by atoms with Crippen LogP contribution < -0.4 is 0 Å². The Balaban J connectivity index is 2.31. The third-order valence-corrected chi connectivity index (χ3v) is 2.55. The minimum atomic E-state index is 0.900. The van der Waals surface area contributed by atoms with Gasteiger partial charge in [-0.15, -0.1) is 0 Å². The van der Waals surface area contributed by atoms with E-state index in [0.717, 1.165) is 22.4 Å². The maximum atomic E-state index is 4.09. The second kappa shape index (κ2) is 5.77. The van der Waals surface area contributed by atoms with E-state index in [0.29, 0.717) is 0 Å². The molecule has 0 bridgehead atoms. The van der Waals surface area contributed by atoms with Crippen molar-refractivity contribution in [3.63, 3.8) is 0 Å². The van der Waals surface area contributed by atoms with Gasteiger partial charge in [-0.3, -0.25) is 10.1 Å². The first kappa shape index (κ1) is 12.0. The number of aromatic amines is 1. The lowest BCUT2D eigenvalue weighted by Crippen LogP contribution is -1.85. The summed E-state index contributed by atoms with van der Waals surface area (Å²) in [4.78, 5) is 4.01. The Morgan fingerprint density at radius 1 is 1.28 bits per heavy atom. The first-order valence-corrected chi connectivity index (χ1v) is 5.75. The first-order chi connectivity index (χ1) is 8.83. The Morgan fingerprint density at radius 2 is 2.06 bits per heavy atom. The van der Waals surface area contributed by atoms with E-state index < -0.39 is 0 Å². The van der Waals surface area contributed by atoms with Gasteiger partial charge >= 0.3 is 0 Å². The highest BCUT2D eigenvalue weighted by atomic mass is 15.1. The van der Waals surface area contributed by atoms with E-state index in [-0.39, 0.29) is 0 Å². The van der Waals surface area contributed by atoms with Gasteiger partial charge in [-0.2, -0.15) is 5.10 Å². The zero-order chi connectivity index (χ0) is 12.8. The van der Waals surface area contributed by atoms with Crippen LogP contribution in [0.25, 0.3) is 16.7 Å². The van der Waals surface area contributed by atoms with Gasteiger partial charge in [0.2, 0.25) is 0 Å². The van der Waals surface area contributed by atoms with Crippen molar-refractivity contribution in [1.29, 1.82) is 0 Å². The molecule has 2 rings (SSSR count). The fourth-order valence-corrected chi connectivity index (χ4v) is 1.65. The smallest absolute Gasteiger partial charge is 0.0722 e. The lowest BCUT2D eigenvalue weighted by Gasteiger charge is -2.02. The molecule has 0 saturated carbocycles. The summed E-state index contributed by atoms with van der Waals surface area (Å²) in [6.07, 6.45) is 13.2. The first-order valence-electron chi connectivity index (χ1n) is 5.75. The quantitative estimate of drug-likeness (QED) is 0.825. The summed E-state index contributed by atoms with van der Waals surface area (Å²) in [5.74, 6) is 0. The van der Waals surface area contributed by atoms with Crippen LogP contribution in [0.2, 0.25) is 0 Å². The summed E-state index contributed by atoms with van der Waals surface area (Å²) in [5, 5.41) is 7.08. The van der Waals surface area contributed by atoms with Gasteiger partial charge < -0.3 is 0 Å². The molecule has 0 radical (unpaired) electrons. The summed E-state index contributed by atoms with van der Waals surface area (Å²) in [7, 11) is 0. The van der Waals surface area contributed by atoms with E-state index in [1.54, 1.807) is 18.6 Å². The second-order valence-corrected chi connectivity index (χ2v) is 3.80. The predicted molar refractivity (Wildman–Crippen MR) is 74.8 cm³/mol. The maximum absolute atomic E-state index is 4.09. The fraction of sp³-hybridized carbons (Fsp3) is 0.0667. The normalized spacial score (nSPS) is 11.4. The molecule has 1 N–H and O–H groups in total. The summed E-state index contributed by atoms with van der Waals surface area (Å²) in [5.41, 5.74) is 3.95. The van der Waals surface area contributed by atoms with Gasteiger partial charge in [-0.25, -0.2) is 0 Å². The van der Waals surface area contributed by atoms with Gasteiger partial charge in [-0.05, 0) is 30.2 Å². The minimum absolute atomic E-state index is 0.900. The summed E-state index contributed by atoms with van der Waals surface area (Å²) in [6, 6.07) is 3.91. The molecule has 0 unspecified atom stereocenters.